The summed E-state index contributed by atoms with van der Waals surface area (Å²) in [7, 11) is 3.21. The maximum atomic E-state index is 13.6. The van der Waals surface area contributed by atoms with Gasteiger partial charge in [-0.25, -0.2) is 4.98 Å². The summed E-state index contributed by atoms with van der Waals surface area (Å²) >= 11 is 0. The zero-order valence-corrected chi connectivity index (χ0v) is 18.3. The molecular weight excluding hydrogens is 392 g/mol. The van der Waals surface area contributed by atoms with E-state index in [1.54, 1.807) is 14.2 Å². The van der Waals surface area contributed by atoms with Gasteiger partial charge < -0.3 is 19.1 Å². The second-order valence-corrected chi connectivity index (χ2v) is 7.61. The van der Waals surface area contributed by atoms with Crippen LogP contribution in [0.25, 0.3) is 22.2 Å². The highest BCUT2D eigenvalue weighted by atomic mass is 16.5. The number of methoxy groups -OCH3 is 2. The summed E-state index contributed by atoms with van der Waals surface area (Å²) in [6.45, 7) is 4.01. The highest BCUT2D eigenvalue weighted by Crippen LogP contribution is 2.33. The molecule has 1 unspecified atom stereocenters. The van der Waals surface area contributed by atoms with Crippen molar-refractivity contribution in [2.75, 3.05) is 33.9 Å². The number of amides is 1. The normalized spacial score (nSPS) is 16.4. The van der Waals surface area contributed by atoms with Crippen molar-refractivity contribution in [2.24, 2.45) is 0 Å². The Hall–Kier alpha value is -3.12. The maximum Gasteiger partial charge on any atom is 0.254 e. The van der Waals surface area contributed by atoms with Crippen molar-refractivity contribution in [3.63, 3.8) is 0 Å². The number of pyridine rings is 1. The lowest BCUT2D eigenvalue weighted by atomic mass is 10.0. The number of likely N-dealkylation sites (tertiary alicyclic amines) is 1. The van der Waals surface area contributed by atoms with Gasteiger partial charge in [-0.3, -0.25) is 4.79 Å². The van der Waals surface area contributed by atoms with E-state index in [1.807, 2.05) is 60.4 Å². The zero-order chi connectivity index (χ0) is 21.8. The second-order valence-electron chi connectivity index (χ2n) is 7.61. The molecule has 4 rings (SSSR count). The third-order valence-electron chi connectivity index (χ3n) is 5.69. The Labute approximate surface area is 182 Å². The lowest BCUT2D eigenvalue weighted by Crippen LogP contribution is -2.43. The topological polar surface area (TPSA) is 60.9 Å². The molecule has 3 aromatic rings. The minimum atomic E-state index is 0.0183. The van der Waals surface area contributed by atoms with Gasteiger partial charge in [-0.2, -0.15) is 0 Å². The molecule has 0 saturated carbocycles. The number of piperidine rings is 1. The van der Waals surface area contributed by atoms with Crippen molar-refractivity contribution in [3.05, 3.63) is 54.1 Å². The van der Waals surface area contributed by atoms with Crippen molar-refractivity contribution in [1.82, 2.24) is 9.88 Å². The van der Waals surface area contributed by atoms with E-state index in [-0.39, 0.29) is 12.0 Å². The minimum absolute atomic E-state index is 0.0183. The van der Waals surface area contributed by atoms with Crippen LogP contribution in [-0.4, -0.2) is 55.8 Å². The van der Waals surface area contributed by atoms with Gasteiger partial charge in [0.25, 0.3) is 5.91 Å². The van der Waals surface area contributed by atoms with Crippen LogP contribution in [0.5, 0.6) is 11.5 Å². The SMILES string of the molecule is CCOC1CCCN(C(=O)c2cc(-c3ccc(OC)c(OC)c3)nc3ccccc23)C1. The third-order valence-corrected chi connectivity index (χ3v) is 5.69. The van der Waals surface area contributed by atoms with E-state index in [2.05, 4.69) is 0 Å². The maximum absolute atomic E-state index is 13.6. The summed E-state index contributed by atoms with van der Waals surface area (Å²) in [6.07, 6.45) is 2.04. The van der Waals surface area contributed by atoms with Crippen LogP contribution in [0.1, 0.15) is 30.1 Å². The molecule has 1 aliphatic heterocycles. The molecule has 1 aliphatic rings. The molecule has 1 atom stereocenters. The highest BCUT2D eigenvalue weighted by molar-refractivity contribution is 6.07. The van der Waals surface area contributed by atoms with E-state index in [0.29, 0.717) is 30.2 Å². The molecule has 6 nitrogen and oxygen atoms in total. The first-order valence-corrected chi connectivity index (χ1v) is 10.7. The van der Waals surface area contributed by atoms with E-state index in [9.17, 15) is 4.79 Å². The summed E-state index contributed by atoms with van der Waals surface area (Å²) in [6, 6.07) is 15.3. The smallest absolute Gasteiger partial charge is 0.254 e. The molecule has 6 heteroatoms. The number of para-hydroxylation sites is 1. The van der Waals surface area contributed by atoms with Gasteiger partial charge in [-0.1, -0.05) is 18.2 Å². The summed E-state index contributed by atoms with van der Waals surface area (Å²) in [5, 5.41) is 0.857. The average molecular weight is 421 g/mol. The van der Waals surface area contributed by atoms with Gasteiger partial charge in [-0.15, -0.1) is 0 Å². The van der Waals surface area contributed by atoms with Gasteiger partial charge in [0.05, 0.1) is 37.1 Å². The minimum Gasteiger partial charge on any atom is -0.493 e. The van der Waals surface area contributed by atoms with E-state index in [4.69, 9.17) is 19.2 Å². The fourth-order valence-electron chi connectivity index (χ4n) is 4.16. The first-order valence-electron chi connectivity index (χ1n) is 10.7. The number of aromatic nitrogens is 1. The predicted molar refractivity (Wildman–Crippen MR) is 121 cm³/mol. The standard InChI is InChI=1S/C25H28N2O4/c1-4-31-18-8-7-13-27(16-18)25(28)20-15-22(26-21-10-6-5-9-19(20)21)17-11-12-23(29-2)24(14-17)30-3/h5-6,9-12,14-15,18H,4,7-8,13,16H2,1-3H3. The molecule has 31 heavy (non-hydrogen) atoms. The van der Waals surface area contributed by atoms with Crippen LogP contribution in [0.2, 0.25) is 0 Å². The van der Waals surface area contributed by atoms with Crippen LogP contribution in [-0.2, 0) is 4.74 Å². The highest BCUT2D eigenvalue weighted by Gasteiger charge is 2.26. The number of carbonyl (C=O) groups is 1. The van der Waals surface area contributed by atoms with E-state index >= 15 is 0 Å². The molecule has 162 valence electrons. The van der Waals surface area contributed by atoms with Crippen LogP contribution >= 0.6 is 0 Å². The lowest BCUT2D eigenvalue weighted by Gasteiger charge is -2.32. The molecule has 0 N–H and O–H groups in total. The molecule has 0 bridgehead atoms. The molecule has 1 saturated heterocycles. The number of hydrogen-bond donors (Lipinski definition) is 0. The van der Waals surface area contributed by atoms with E-state index in [1.165, 1.54) is 0 Å². The van der Waals surface area contributed by atoms with Crippen LogP contribution < -0.4 is 9.47 Å². The zero-order valence-electron chi connectivity index (χ0n) is 18.3. The molecular formula is C25H28N2O4. The van der Waals surface area contributed by atoms with Gasteiger partial charge in [0.15, 0.2) is 11.5 Å². The molecule has 2 heterocycles. The van der Waals surface area contributed by atoms with E-state index < -0.39 is 0 Å². The summed E-state index contributed by atoms with van der Waals surface area (Å²) < 4.78 is 16.6. The van der Waals surface area contributed by atoms with Gasteiger partial charge in [0.1, 0.15) is 0 Å². The number of rotatable bonds is 6. The fraction of sp³-hybridized carbons (Fsp3) is 0.360. The summed E-state index contributed by atoms with van der Waals surface area (Å²) in [5.41, 5.74) is 3.04. The van der Waals surface area contributed by atoms with Gasteiger partial charge in [0, 0.05) is 30.6 Å². The van der Waals surface area contributed by atoms with E-state index in [0.717, 1.165) is 41.5 Å². The molecule has 2 aromatic carbocycles. The molecule has 1 aromatic heterocycles. The van der Waals surface area contributed by atoms with Crippen molar-refractivity contribution in [3.8, 4) is 22.8 Å². The number of nitrogens with zero attached hydrogens (tertiary/aromatic N) is 2. The fourth-order valence-corrected chi connectivity index (χ4v) is 4.16. The Morgan fingerprint density at radius 3 is 2.68 bits per heavy atom. The van der Waals surface area contributed by atoms with Crippen molar-refractivity contribution >= 4 is 16.8 Å². The van der Waals surface area contributed by atoms with Crippen LogP contribution in [0.3, 0.4) is 0 Å². The molecule has 1 fully saturated rings. The first-order chi connectivity index (χ1) is 15.1. The van der Waals surface area contributed by atoms with Crippen molar-refractivity contribution in [1.29, 1.82) is 0 Å². The summed E-state index contributed by atoms with van der Waals surface area (Å²) in [4.78, 5) is 20.3. The van der Waals surface area contributed by atoms with Crippen LogP contribution in [0.15, 0.2) is 48.5 Å². The number of benzene rings is 2. The molecule has 0 aliphatic carbocycles. The number of fused-ring (bicyclic) bond motifs is 1. The number of ether oxygens (including phenoxy) is 3. The predicted octanol–water partition coefficient (Wildman–Crippen LogP) is 4.56. The summed E-state index contributed by atoms with van der Waals surface area (Å²) in [5.74, 6) is 1.29. The Balaban J connectivity index is 1.76. The first kappa shape index (κ1) is 21.1. The quantitative estimate of drug-likeness (QED) is 0.585. The van der Waals surface area contributed by atoms with Gasteiger partial charge in [-0.05, 0) is 50.1 Å². The molecule has 0 radical (unpaired) electrons. The lowest BCUT2D eigenvalue weighted by molar-refractivity contribution is 0.00731. The Morgan fingerprint density at radius 2 is 1.90 bits per heavy atom. The average Bonchev–Trinajstić information content (AvgIpc) is 2.82. The second kappa shape index (κ2) is 9.35. The van der Waals surface area contributed by atoms with Crippen LogP contribution in [0.4, 0.5) is 0 Å². The van der Waals surface area contributed by atoms with Crippen molar-refractivity contribution < 1.29 is 19.0 Å². The third kappa shape index (κ3) is 4.35. The van der Waals surface area contributed by atoms with Gasteiger partial charge in [0.2, 0.25) is 0 Å². The Bertz CT molecular complexity index is 1080. The molecule has 1 amide bonds. The number of carbonyl (C=O) groups excluding carboxylic acids is 1. The Kier molecular flexibility index (Phi) is 6.37. The van der Waals surface area contributed by atoms with Crippen LogP contribution in [0, 0.1) is 0 Å². The Morgan fingerprint density at radius 1 is 1.10 bits per heavy atom. The monoisotopic (exact) mass is 420 g/mol. The van der Waals surface area contributed by atoms with Gasteiger partial charge >= 0.3 is 0 Å². The largest absolute Gasteiger partial charge is 0.493 e. The molecule has 0 spiro atoms. The van der Waals surface area contributed by atoms with Crippen molar-refractivity contribution in [2.45, 2.75) is 25.9 Å². The number of hydrogen-bond acceptors (Lipinski definition) is 5.